The number of hydrogen-bond acceptors (Lipinski definition) is 6. The molecule has 6 nitrogen and oxygen atoms in total. The highest BCUT2D eigenvalue weighted by Gasteiger charge is 2.07. The SMILES string of the molecule is CCOC(=O)CNCC(O)COc1ccc(OC)cc1. The molecule has 0 heterocycles. The lowest BCUT2D eigenvalue weighted by molar-refractivity contribution is -0.142. The zero-order chi connectivity index (χ0) is 14.8. The summed E-state index contributed by atoms with van der Waals surface area (Å²) in [4.78, 5) is 11.1. The van der Waals surface area contributed by atoms with Gasteiger partial charge in [-0.05, 0) is 31.2 Å². The lowest BCUT2D eigenvalue weighted by atomic mass is 10.3. The molecule has 1 unspecified atom stereocenters. The van der Waals surface area contributed by atoms with Crippen molar-refractivity contribution in [1.29, 1.82) is 0 Å². The van der Waals surface area contributed by atoms with Crippen molar-refractivity contribution in [3.8, 4) is 11.5 Å². The molecule has 0 bridgehead atoms. The quantitative estimate of drug-likeness (QED) is 0.646. The Bertz CT molecular complexity index is 393. The molecule has 0 fully saturated rings. The van der Waals surface area contributed by atoms with Gasteiger partial charge in [0.05, 0.1) is 20.3 Å². The Morgan fingerprint density at radius 3 is 2.55 bits per heavy atom. The third kappa shape index (κ3) is 6.40. The van der Waals surface area contributed by atoms with Gasteiger partial charge in [-0.25, -0.2) is 0 Å². The molecule has 0 saturated carbocycles. The number of hydrogen-bond donors (Lipinski definition) is 2. The van der Waals surface area contributed by atoms with Crippen molar-refractivity contribution in [3.63, 3.8) is 0 Å². The van der Waals surface area contributed by atoms with Crippen LogP contribution >= 0.6 is 0 Å². The smallest absolute Gasteiger partial charge is 0.319 e. The van der Waals surface area contributed by atoms with Gasteiger partial charge in [-0.3, -0.25) is 4.79 Å². The van der Waals surface area contributed by atoms with Crippen molar-refractivity contribution in [2.24, 2.45) is 0 Å². The van der Waals surface area contributed by atoms with Gasteiger partial charge in [-0.15, -0.1) is 0 Å². The summed E-state index contributed by atoms with van der Waals surface area (Å²) < 4.78 is 15.2. The second-order valence-electron chi connectivity index (χ2n) is 4.08. The van der Waals surface area contributed by atoms with Crippen LogP contribution in [0.1, 0.15) is 6.92 Å². The van der Waals surface area contributed by atoms with Crippen molar-refractivity contribution in [2.75, 3.05) is 33.4 Å². The lowest BCUT2D eigenvalue weighted by Gasteiger charge is -2.13. The Morgan fingerprint density at radius 1 is 1.30 bits per heavy atom. The number of benzene rings is 1. The fraction of sp³-hybridized carbons (Fsp3) is 0.500. The van der Waals surface area contributed by atoms with E-state index in [0.717, 1.165) is 5.75 Å². The fourth-order valence-corrected chi connectivity index (χ4v) is 1.48. The summed E-state index contributed by atoms with van der Waals surface area (Å²) in [7, 11) is 1.59. The van der Waals surface area contributed by atoms with Crippen molar-refractivity contribution in [1.82, 2.24) is 5.32 Å². The lowest BCUT2D eigenvalue weighted by Crippen LogP contribution is -2.35. The molecule has 0 aliphatic rings. The first-order valence-electron chi connectivity index (χ1n) is 6.47. The molecule has 1 rings (SSSR count). The third-order valence-electron chi connectivity index (χ3n) is 2.46. The molecule has 1 atom stereocenters. The second kappa shape index (κ2) is 9.17. The number of nitrogens with one attached hydrogen (secondary N) is 1. The molecule has 0 aromatic heterocycles. The van der Waals surface area contributed by atoms with Gasteiger partial charge in [0, 0.05) is 6.54 Å². The van der Waals surface area contributed by atoms with E-state index in [4.69, 9.17) is 14.2 Å². The Hall–Kier alpha value is -1.79. The van der Waals surface area contributed by atoms with Gasteiger partial charge in [0.25, 0.3) is 0 Å². The number of carbonyl (C=O) groups is 1. The zero-order valence-electron chi connectivity index (χ0n) is 11.8. The van der Waals surface area contributed by atoms with Crippen LogP contribution in [0.4, 0.5) is 0 Å². The van der Waals surface area contributed by atoms with Crippen LogP contribution in [0.3, 0.4) is 0 Å². The number of esters is 1. The van der Waals surface area contributed by atoms with E-state index in [2.05, 4.69) is 5.32 Å². The van der Waals surface area contributed by atoms with Gasteiger partial charge >= 0.3 is 5.97 Å². The van der Waals surface area contributed by atoms with Crippen molar-refractivity contribution >= 4 is 5.97 Å². The van der Waals surface area contributed by atoms with Crippen LogP contribution in [0.15, 0.2) is 24.3 Å². The van der Waals surface area contributed by atoms with Gasteiger partial charge in [0.1, 0.15) is 24.2 Å². The van der Waals surface area contributed by atoms with Crippen LogP contribution in [0, 0.1) is 0 Å². The molecule has 112 valence electrons. The predicted octanol–water partition coefficient (Wildman–Crippen LogP) is 0.588. The van der Waals surface area contributed by atoms with Gasteiger partial charge in [0.15, 0.2) is 0 Å². The summed E-state index contributed by atoms with van der Waals surface area (Å²) in [5.41, 5.74) is 0. The average molecular weight is 283 g/mol. The number of aliphatic hydroxyl groups excluding tert-OH is 1. The maximum atomic E-state index is 11.1. The molecule has 2 N–H and O–H groups in total. The molecule has 0 aliphatic carbocycles. The van der Waals surface area contributed by atoms with E-state index in [1.54, 1.807) is 38.3 Å². The maximum absolute atomic E-state index is 11.1. The number of methoxy groups -OCH3 is 1. The van der Waals surface area contributed by atoms with Gasteiger partial charge < -0.3 is 24.6 Å². The molecule has 0 radical (unpaired) electrons. The molecule has 1 aromatic rings. The summed E-state index contributed by atoms with van der Waals surface area (Å²) in [5.74, 6) is 1.06. The number of rotatable bonds is 9. The van der Waals surface area contributed by atoms with Crippen LogP contribution in [-0.2, 0) is 9.53 Å². The van der Waals surface area contributed by atoms with Crippen LogP contribution in [0.25, 0.3) is 0 Å². The minimum atomic E-state index is -0.702. The molecule has 6 heteroatoms. The Morgan fingerprint density at radius 2 is 1.95 bits per heavy atom. The topological polar surface area (TPSA) is 77.0 Å². The van der Waals surface area contributed by atoms with E-state index in [1.807, 2.05) is 0 Å². The summed E-state index contributed by atoms with van der Waals surface area (Å²) in [6.07, 6.45) is -0.702. The van der Waals surface area contributed by atoms with E-state index in [9.17, 15) is 9.90 Å². The minimum absolute atomic E-state index is 0.0768. The first kappa shape index (κ1) is 16.3. The predicted molar refractivity (Wildman–Crippen MR) is 74.0 cm³/mol. The van der Waals surface area contributed by atoms with E-state index in [-0.39, 0.29) is 25.7 Å². The molecule has 0 aliphatic heterocycles. The Balaban J connectivity index is 2.18. The third-order valence-corrected chi connectivity index (χ3v) is 2.46. The highest BCUT2D eigenvalue weighted by molar-refractivity contribution is 5.71. The first-order valence-corrected chi connectivity index (χ1v) is 6.47. The largest absolute Gasteiger partial charge is 0.497 e. The van der Waals surface area contributed by atoms with Crippen LogP contribution in [0.2, 0.25) is 0 Å². The fourth-order valence-electron chi connectivity index (χ4n) is 1.48. The van der Waals surface area contributed by atoms with Crippen molar-refractivity contribution < 1.29 is 24.1 Å². The second-order valence-corrected chi connectivity index (χ2v) is 4.08. The van der Waals surface area contributed by atoms with Gasteiger partial charge in [-0.1, -0.05) is 0 Å². The normalized spacial score (nSPS) is 11.8. The standard InChI is InChI=1S/C14H21NO5/c1-3-19-14(17)9-15-8-11(16)10-20-13-6-4-12(18-2)5-7-13/h4-7,11,15-16H,3,8-10H2,1-2H3. The Kier molecular flexibility index (Phi) is 7.46. The molecule has 20 heavy (non-hydrogen) atoms. The van der Waals surface area contributed by atoms with Crippen molar-refractivity contribution in [2.45, 2.75) is 13.0 Å². The molecule has 0 amide bonds. The monoisotopic (exact) mass is 283 g/mol. The molecular weight excluding hydrogens is 262 g/mol. The molecule has 0 saturated heterocycles. The molecule has 0 spiro atoms. The van der Waals surface area contributed by atoms with Crippen LogP contribution < -0.4 is 14.8 Å². The van der Waals surface area contributed by atoms with Crippen LogP contribution in [0.5, 0.6) is 11.5 Å². The van der Waals surface area contributed by atoms with E-state index in [1.165, 1.54) is 0 Å². The van der Waals surface area contributed by atoms with E-state index in [0.29, 0.717) is 12.4 Å². The number of ether oxygens (including phenoxy) is 3. The summed E-state index contributed by atoms with van der Waals surface area (Å²) in [6.45, 7) is 2.57. The average Bonchev–Trinajstić information content (AvgIpc) is 2.46. The molecular formula is C14H21NO5. The minimum Gasteiger partial charge on any atom is -0.497 e. The maximum Gasteiger partial charge on any atom is 0.319 e. The van der Waals surface area contributed by atoms with Gasteiger partial charge in [0.2, 0.25) is 0 Å². The summed E-state index contributed by atoms with van der Waals surface area (Å²) in [5, 5.41) is 12.5. The number of carbonyl (C=O) groups excluding carboxylic acids is 1. The van der Waals surface area contributed by atoms with E-state index >= 15 is 0 Å². The zero-order valence-corrected chi connectivity index (χ0v) is 11.8. The first-order chi connectivity index (χ1) is 9.65. The highest BCUT2D eigenvalue weighted by atomic mass is 16.5. The van der Waals surface area contributed by atoms with Gasteiger partial charge in [-0.2, -0.15) is 0 Å². The Labute approximate surface area is 118 Å². The summed E-state index contributed by atoms with van der Waals surface area (Å²) >= 11 is 0. The number of aliphatic hydroxyl groups is 1. The highest BCUT2D eigenvalue weighted by Crippen LogP contribution is 2.16. The summed E-state index contributed by atoms with van der Waals surface area (Å²) in [6, 6.07) is 7.08. The van der Waals surface area contributed by atoms with E-state index < -0.39 is 6.10 Å². The molecule has 1 aromatic carbocycles. The van der Waals surface area contributed by atoms with Crippen molar-refractivity contribution in [3.05, 3.63) is 24.3 Å². The van der Waals surface area contributed by atoms with Crippen LogP contribution in [-0.4, -0.2) is 50.6 Å².